The summed E-state index contributed by atoms with van der Waals surface area (Å²) in [5, 5.41) is 5.59. The van der Waals surface area contributed by atoms with Gasteiger partial charge in [0.15, 0.2) is 0 Å². The van der Waals surface area contributed by atoms with Gasteiger partial charge in [0.1, 0.15) is 10.7 Å². The Labute approximate surface area is 118 Å². The summed E-state index contributed by atoms with van der Waals surface area (Å²) in [5.74, 6) is 0.547. The summed E-state index contributed by atoms with van der Waals surface area (Å²) >= 11 is 1.44. The Morgan fingerprint density at radius 1 is 1.53 bits per heavy atom. The van der Waals surface area contributed by atoms with E-state index in [-0.39, 0.29) is 5.91 Å². The summed E-state index contributed by atoms with van der Waals surface area (Å²) in [6.45, 7) is 5.82. The molecule has 1 aliphatic carbocycles. The van der Waals surface area contributed by atoms with E-state index >= 15 is 0 Å². The number of amides is 1. The number of nitrogens with two attached hydrogens (primary N) is 1. The van der Waals surface area contributed by atoms with Crippen molar-refractivity contribution in [1.82, 2.24) is 10.3 Å². The van der Waals surface area contributed by atoms with Crippen LogP contribution in [0, 0.1) is 11.3 Å². The molecule has 3 N–H and O–H groups in total. The number of carbonyl (C=O) groups is 1. The Hall–Kier alpha value is -0.940. The standard InChI is InChI=1S/C14H23N3OS/c1-14(2)5-3-10(4-6-14)8-16-13(18)11-9-19-12(7-15)17-11/h9-10H,3-8,15H2,1-2H3,(H,16,18). The summed E-state index contributed by atoms with van der Waals surface area (Å²) in [4.78, 5) is 16.1. The maximum Gasteiger partial charge on any atom is 0.270 e. The van der Waals surface area contributed by atoms with Crippen molar-refractivity contribution in [1.29, 1.82) is 0 Å². The molecule has 0 atom stereocenters. The van der Waals surface area contributed by atoms with E-state index in [2.05, 4.69) is 24.1 Å². The van der Waals surface area contributed by atoms with E-state index in [0.717, 1.165) is 11.6 Å². The molecular weight excluding hydrogens is 258 g/mol. The van der Waals surface area contributed by atoms with Gasteiger partial charge in [-0.3, -0.25) is 4.79 Å². The number of hydrogen-bond donors (Lipinski definition) is 2. The molecule has 1 amide bonds. The lowest BCUT2D eigenvalue weighted by Crippen LogP contribution is -2.33. The zero-order valence-electron chi connectivity index (χ0n) is 11.7. The van der Waals surface area contributed by atoms with Crippen LogP contribution < -0.4 is 11.1 Å². The second-order valence-corrected chi connectivity index (χ2v) is 7.09. The van der Waals surface area contributed by atoms with Gasteiger partial charge < -0.3 is 11.1 Å². The van der Waals surface area contributed by atoms with Crippen molar-refractivity contribution in [3.63, 3.8) is 0 Å². The van der Waals surface area contributed by atoms with Crippen LogP contribution in [0.3, 0.4) is 0 Å². The number of aromatic nitrogens is 1. The molecule has 1 aliphatic rings. The quantitative estimate of drug-likeness (QED) is 0.891. The topological polar surface area (TPSA) is 68.0 Å². The van der Waals surface area contributed by atoms with Crippen LogP contribution >= 0.6 is 11.3 Å². The molecule has 4 nitrogen and oxygen atoms in total. The van der Waals surface area contributed by atoms with Gasteiger partial charge in [-0.25, -0.2) is 4.98 Å². The number of hydrogen-bond acceptors (Lipinski definition) is 4. The van der Waals surface area contributed by atoms with Gasteiger partial charge in [-0.15, -0.1) is 11.3 Å². The summed E-state index contributed by atoms with van der Waals surface area (Å²) in [6, 6.07) is 0. The first kappa shape index (κ1) is 14.5. The molecule has 1 aromatic rings. The van der Waals surface area contributed by atoms with Gasteiger partial charge in [0, 0.05) is 18.5 Å². The zero-order chi connectivity index (χ0) is 13.9. The third-order valence-electron chi connectivity index (χ3n) is 3.97. The molecule has 5 heteroatoms. The molecular formula is C14H23N3OS. The largest absolute Gasteiger partial charge is 0.350 e. The Morgan fingerprint density at radius 2 is 2.21 bits per heavy atom. The summed E-state index contributed by atoms with van der Waals surface area (Å²) in [6.07, 6.45) is 4.92. The molecule has 106 valence electrons. The van der Waals surface area contributed by atoms with Crippen molar-refractivity contribution >= 4 is 17.2 Å². The van der Waals surface area contributed by atoms with Crippen molar-refractivity contribution in [2.45, 2.75) is 46.1 Å². The molecule has 0 bridgehead atoms. The van der Waals surface area contributed by atoms with Crippen LogP contribution in [0.25, 0.3) is 0 Å². The molecule has 0 aliphatic heterocycles. The van der Waals surface area contributed by atoms with Gasteiger partial charge in [0.05, 0.1) is 0 Å². The van der Waals surface area contributed by atoms with E-state index in [1.165, 1.54) is 37.0 Å². The number of thiazole rings is 1. The second-order valence-electron chi connectivity index (χ2n) is 6.15. The van der Waals surface area contributed by atoms with Crippen molar-refractivity contribution in [2.24, 2.45) is 17.1 Å². The molecule has 1 fully saturated rings. The van der Waals surface area contributed by atoms with E-state index in [1.54, 1.807) is 5.38 Å². The van der Waals surface area contributed by atoms with Crippen molar-refractivity contribution in [3.8, 4) is 0 Å². The van der Waals surface area contributed by atoms with Crippen LogP contribution in [0.15, 0.2) is 5.38 Å². The Bertz CT molecular complexity index is 432. The minimum absolute atomic E-state index is 0.0687. The Kier molecular flexibility index (Phi) is 4.58. The lowest BCUT2D eigenvalue weighted by atomic mass is 9.73. The Morgan fingerprint density at radius 3 is 2.79 bits per heavy atom. The minimum Gasteiger partial charge on any atom is -0.350 e. The van der Waals surface area contributed by atoms with Crippen LogP contribution in [-0.4, -0.2) is 17.4 Å². The summed E-state index contributed by atoms with van der Waals surface area (Å²) in [7, 11) is 0. The highest BCUT2D eigenvalue weighted by Crippen LogP contribution is 2.37. The fourth-order valence-corrected chi connectivity index (χ4v) is 3.15. The normalized spacial score (nSPS) is 19.3. The van der Waals surface area contributed by atoms with Gasteiger partial charge in [0.2, 0.25) is 0 Å². The van der Waals surface area contributed by atoms with Gasteiger partial charge in [-0.2, -0.15) is 0 Å². The van der Waals surface area contributed by atoms with Crippen molar-refractivity contribution < 1.29 is 4.79 Å². The number of nitrogens with zero attached hydrogens (tertiary/aromatic N) is 1. The fourth-order valence-electron chi connectivity index (χ4n) is 2.50. The first-order chi connectivity index (χ1) is 9.00. The van der Waals surface area contributed by atoms with Gasteiger partial charge >= 0.3 is 0 Å². The molecule has 1 aromatic heterocycles. The maximum atomic E-state index is 11.9. The highest BCUT2D eigenvalue weighted by Gasteiger charge is 2.27. The Balaban J connectivity index is 1.78. The van der Waals surface area contributed by atoms with E-state index < -0.39 is 0 Å². The van der Waals surface area contributed by atoms with Crippen molar-refractivity contribution in [2.75, 3.05) is 6.54 Å². The number of nitrogens with one attached hydrogen (secondary N) is 1. The minimum atomic E-state index is -0.0687. The highest BCUT2D eigenvalue weighted by atomic mass is 32.1. The molecule has 0 spiro atoms. The second kappa shape index (κ2) is 6.01. The molecule has 1 heterocycles. The van der Waals surface area contributed by atoms with Crippen LogP contribution in [0.4, 0.5) is 0 Å². The fraction of sp³-hybridized carbons (Fsp3) is 0.714. The molecule has 0 radical (unpaired) electrons. The monoisotopic (exact) mass is 281 g/mol. The molecule has 0 aromatic carbocycles. The molecule has 1 saturated carbocycles. The first-order valence-electron chi connectivity index (χ1n) is 6.93. The zero-order valence-corrected chi connectivity index (χ0v) is 12.6. The van der Waals surface area contributed by atoms with Crippen LogP contribution in [0.2, 0.25) is 0 Å². The SMILES string of the molecule is CC1(C)CCC(CNC(=O)c2csc(CN)n2)CC1. The average molecular weight is 281 g/mol. The third-order valence-corrected chi connectivity index (χ3v) is 4.84. The lowest BCUT2D eigenvalue weighted by Gasteiger charge is -2.34. The summed E-state index contributed by atoms with van der Waals surface area (Å²) < 4.78 is 0. The van der Waals surface area contributed by atoms with E-state index in [9.17, 15) is 4.79 Å². The van der Waals surface area contributed by atoms with Gasteiger partial charge in [-0.05, 0) is 37.0 Å². The molecule has 0 unspecified atom stereocenters. The average Bonchev–Trinajstić information content (AvgIpc) is 2.86. The molecule has 19 heavy (non-hydrogen) atoms. The smallest absolute Gasteiger partial charge is 0.270 e. The molecule has 2 rings (SSSR count). The predicted molar refractivity (Wildman–Crippen MR) is 78.1 cm³/mol. The van der Waals surface area contributed by atoms with Gasteiger partial charge in [0.25, 0.3) is 5.91 Å². The summed E-state index contributed by atoms with van der Waals surface area (Å²) in [5.41, 5.74) is 6.47. The van der Waals surface area contributed by atoms with Crippen LogP contribution in [0.1, 0.15) is 55.0 Å². The van der Waals surface area contributed by atoms with Crippen LogP contribution in [-0.2, 0) is 6.54 Å². The van der Waals surface area contributed by atoms with Gasteiger partial charge in [-0.1, -0.05) is 13.8 Å². The van der Waals surface area contributed by atoms with Crippen LogP contribution in [0.5, 0.6) is 0 Å². The number of carbonyl (C=O) groups excluding carboxylic acids is 1. The van der Waals surface area contributed by atoms with E-state index in [4.69, 9.17) is 5.73 Å². The number of rotatable bonds is 4. The van der Waals surface area contributed by atoms with E-state index in [0.29, 0.717) is 23.6 Å². The first-order valence-corrected chi connectivity index (χ1v) is 7.81. The lowest BCUT2D eigenvalue weighted by molar-refractivity contribution is 0.0932. The van der Waals surface area contributed by atoms with Crippen molar-refractivity contribution in [3.05, 3.63) is 16.1 Å². The molecule has 0 saturated heterocycles. The highest BCUT2D eigenvalue weighted by molar-refractivity contribution is 7.09. The maximum absolute atomic E-state index is 11.9. The van der Waals surface area contributed by atoms with E-state index in [1.807, 2.05) is 0 Å². The third kappa shape index (κ3) is 4.01. The predicted octanol–water partition coefficient (Wildman–Crippen LogP) is 2.55.